The summed E-state index contributed by atoms with van der Waals surface area (Å²) in [6.45, 7) is 9.66. The summed E-state index contributed by atoms with van der Waals surface area (Å²) in [7, 11) is 2.18. The predicted octanol–water partition coefficient (Wildman–Crippen LogP) is 1.86. The van der Waals surface area contributed by atoms with E-state index < -0.39 is 0 Å². The highest BCUT2D eigenvalue weighted by Crippen LogP contribution is 2.21. The Morgan fingerprint density at radius 2 is 2.12 bits per heavy atom. The standard InChI is InChI=1S/C13H28N2O/c1-13(2,3)9-11(14)5-7-15(4)12-6-8-16-10-12/h11-12H,5-10,14H2,1-4H3. The molecule has 1 rings (SSSR count). The molecule has 2 N–H and O–H groups in total. The van der Waals surface area contributed by atoms with Crippen LogP contribution in [-0.2, 0) is 4.74 Å². The Hall–Kier alpha value is -0.120. The van der Waals surface area contributed by atoms with Gasteiger partial charge in [0.15, 0.2) is 0 Å². The summed E-state index contributed by atoms with van der Waals surface area (Å²) >= 11 is 0. The highest BCUT2D eigenvalue weighted by Gasteiger charge is 2.21. The fourth-order valence-electron chi connectivity index (χ4n) is 2.31. The van der Waals surface area contributed by atoms with Gasteiger partial charge in [0.1, 0.15) is 0 Å². The van der Waals surface area contributed by atoms with Crippen LogP contribution in [0.4, 0.5) is 0 Å². The van der Waals surface area contributed by atoms with Crippen LogP contribution in [0.5, 0.6) is 0 Å². The van der Waals surface area contributed by atoms with Crippen LogP contribution in [0.3, 0.4) is 0 Å². The van der Waals surface area contributed by atoms with Crippen molar-refractivity contribution in [1.82, 2.24) is 4.90 Å². The highest BCUT2D eigenvalue weighted by atomic mass is 16.5. The molecule has 1 saturated heterocycles. The first-order chi connectivity index (χ1) is 7.38. The van der Waals surface area contributed by atoms with Crippen molar-refractivity contribution < 1.29 is 4.74 Å². The molecule has 0 bridgehead atoms. The zero-order valence-corrected chi connectivity index (χ0v) is 11.3. The van der Waals surface area contributed by atoms with Crippen LogP contribution in [-0.4, -0.2) is 43.8 Å². The Bertz CT molecular complexity index is 195. The number of likely N-dealkylation sites (N-methyl/N-ethyl adjacent to an activating group) is 1. The van der Waals surface area contributed by atoms with Crippen molar-refractivity contribution in [2.75, 3.05) is 26.8 Å². The molecule has 0 amide bonds. The molecule has 0 aromatic carbocycles. The van der Waals surface area contributed by atoms with Gasteiger partial charge in [-0.3, -0.25) is 0 Å². The van der Waals surface area contributed by atoms with Gasteiger partial charge < -0.3 is 15.4 Å². The first kappa shape index (κ1) is 13.9. The van der Waals surface area contributed by atoms with Crippen LogP contribution in [0.1, 0.15) is 40.0 Å². The molecule has 1 aliphatic rings. The van der Waals surface area contributed by atoms with Crippen molar-refractivity contribution in [3.05, 3.63) is 0 Å². The van der Waals surface area contributed by atoms with E-state index in [1.54, 1.807) is 0 Å². The minimum Gasteiger partial charge on any atom is -0.380 e. The number of nitrogens with two attached hydrogens (primary N) is 1. The fourth-order valence-corrected chi connectivity index (χ4v) is 2.31. The average Bonchev–Trinajstić information content (AvgIpc) is 2.64. The zero-order valence-electron chi connectivity index (χ0n) is 11.3. The molecule has 0 aromatic heterocycles. The molecule has 1 heterocycles. The number of hydrogen-bond donors (Lipinski definition) is 1. The van der Waals surface area contributed by atoms with Crippen molar-refractivity contribution in [3.8, 4) is 0 Å². The van der Waals surface area contributed by atoms with Gasteiger partial charge in [-0.05, 0) is 38.3 Å². The third kappa shape index (κ3) is 5.28. The lowest BCUT2D eigenvalue weighted by Crippen LogP contribution is -2.36. The van der Waals surface area contributed by atoms with Gasteiger partial charge in [-0.25, -0.2) is 0 Å². The normalized spacial score (nSPS) is 24.0. The first-order valence-electron chi connectivity index (χ1n) is 6.42. The second-order valence-corrected chi connectivity index (χ2v) is 6.31. The predicted molar refractivity (Wildman–Crippen MR) is 68.5 cm³/mol. The second kappa shape index (κ2) is 5.99. The fraction of sp³-hybridized carbons (Fsp3) is 1.00. The van der Waals surface area contributed by atoms with Crippen molar-refractivity contribution in [2.24, 2.45) is 11.1 Å². The van der Waals surface area contributed by atoms with Crippen molar-refractivity contribution in [3.63, 3.8) is 0 Å². The Balaban J connectivity index is 2.17. The van der Waals surface area contributed by atoms with E-state index >= 15 is 0 Å². The van der Waals surface area contributed by atoms with E-state index in [-0.39, 0.29) is 0 Å². The van der Waals surface area contributed by atoms with Crippen LogP contribution in [0.2, 0.25) is 0 Å². The summed E-state index contributed by atoms with van der Waals surface area (Å²) in [4.78, 5) is 2.40. The maximum atomic E-state index is 6.15. The van der Waals surface area contributed by atoms with E-state index in [0.29, 0.717) is 17.5 Å². The molecule has 2 unspecified atom stereocenters. The number of ether oxygens (including phenoxy) is 1. The molecule has 0 saturated carbocycles. The van der Waals surface area contributed by atoms with Crippen molar-refractivity contribution >= 4 is 0 Å². The van der Waals surface area contributed by atoms with Gasteiger partial charge in [-0.15, -0.1) is 0 Å². The number of nitrogens with zero attached hydrogens (tertiary/aromatic N) is 1. The summed E-state index contributed by atoms with van der Waals surface area (Å²) in [6.07, 6.45) is 3.36. The molecular formula is C13H28N2O. The summed E-state index contributed by atoms with van der Waals surface area (Å²) in [5, 5.41) is 0. The van der Waals surface area contributed by atoms with E-state index in [1.165, 1.54) is 6.42 Å². The van der Waals surface area contributed by atoms with Crippen LogP contribution < -0.4 is 5.73 Å². The zero-order chi connectivity index (χ0) is 12.2. The molecule has 1 fully saturated rings. The Labute approximate surface area is 100 Å². The SMILES string of the molecule is CN(CCC(N)CC(C)(C)C)C1CCOC1. The topological polar surface area (TPSA) is 38.5 Å². The van der Waals surface area contributed by atoms with Gasteiger partial charge in [-0.2, -0.15) is 0 Å². The van der Waals surface area contributed by atoms with Crippen molar-refractivity contribution in [1.29, 1.82) is 0 Å². The average molecular weight is 228 g/mol. The lowest BCUT2D eigenvalue weighted by atomic mass is 9.87. The molecule has 3 nitrogen and oxygen atoms in total. The summed E-state index contributed by atoms with van der Waals surface area (Å²) in [6, 6.07) is 0.937. The second-order valence-electron chi connectivity index (χ2n) is 6.31. The third-order valence-corrected chi connectivity index (χ3v) is 3.26. The largest absolute Gasteiger partial charge is 0.380 e. The molecule has 96 valence electrons. The van der Waals surface area contributed by atoms with Crippen molar-refractivity contribution in [2.45, 2.75) is 52.1 Å². The molecule has 0 spiro atoms. The summed E-state index contributed by atoms with van der Waals surface area (Å²) in [5.74, 6) is 0. The van der Waals surface area contributed by atoms with E-state index in [9.17, 15) is 0 Å². The maximum Gasteiger partial charge on any atom is 0.0622 e. The van der Waals surface area contributed by atoms with E-state index in [1.807, 2.05) is 0 Å². The van der Waals surface area contributed by atoms with E-state index in [2.05, 4.69) is 32.7 Å². The van der Waals surface area contributed by atoms with Gasteiger partial charge in [0.25, 0.3) is 0 Å². The van der Waals surface area contributed by atoms with Gasteiger partial charge >= 0.3 is 0 Å². The number of hydrogen-bond acceptors (Lipinski definition) is 3. The summed E-state index contributed by atoms with van der Waals surface area (Å²) < 4.78 is 5.39. The van der Waals surface area contributed by atoms with Crippen LogP contribution in [0, 0.1) is 5.41 Å². The van der Waals surface area contributed by atoms with Crippen LogP contribution in [0.25, 0.3) is 0 Å². The van der Waals surface area contributed by atoms with Gasteiger partial charge in [-0.1, -0.05) is 20.8 Å². The summed E-state index contributed by atoms with van der Waals surface area (Å²) in [5.41, 5.74) is 6.49. The van der Waals surface area contributed by atoms with Crippen LogP contribution in [0.15, 0.2) is 0 Å². The molecule has 0 aliphatic carbocycles. The molecular weight excluding hydrogens is 200 g/mol. The van der Waals surface area contributed by atoms with Gasteiger partial charge in [0, 0.05) is 18.7 Å². The van der Waals surface area contributed by atoms with Gasteiger partial charge in [0.05, 0.1) is 6.61 Å². The Morgan fingerprint density at radius 1 is 1.44 bits per heavy atom. The smallest absolute Gasteiger partial charge is 0.0622 e. The molecule has 1 aliphatic heterocycles. The molecule has 0 radical (unpaired) electrons. The molecule has 2 atom stereocenters. The third-order valence-electron chi connectivity index (χ3n) is 3.26. The van der Waals surface area contributed by atoms with Gasteiger partial charge in [0.2, 0.25) is 0 Å². The maximum absolute atomic E-state index is 6.15. The lowest BCUT2D eigenvalue weighted by molar-refractivity contribution is 0.156. The highest BCUT2D eigenvalue weighted by molar-refractivity contribution is 4.76. The van der Waals surface area contributed by atoms with Crippen LogP contribution >= 0.6 is 0 Å². The Kier molecular flexibility index (Phi) is 5.22. The molecule has 3 heteroatoms. The van der Waals surface area contributed by atoms with E-state index in [0.717, 1.165) is 32.6 Å². The molecule has 0 aromatic rings. The number of rotatable bonds is 5. The first-order valence-corrected chi connectivity index (χ1v) is 6.42. The lowest BCUT2D eigenvalue weighted by Gasteiger charge is -2.27. The quantitative estimate of drug-likeness (QED) is 0.780. The van der Waals surface area contributed by atoms with E-state index in [4.69, 9.17) is 10.5 Å². The minimum absolute atomic E-state index is 0.324. The monoisotopic (exact) mass is 228 g/mol. The Morgan fingerprint density at radius 3 is 2.62 bits per heavy atom. The minimum atomic E-state index is 0.324. The molecule has 16 heavy (non-hydrogen) atoms.